The van der Waals surface area contributed by atoms with Crippen LogP contribution in [0.2, 0.25) is 0 Å². The standard InChI is InChI=1S/C18H19N5O3S/c1-12-2-4-13(5-3-12)20-14(24)10-23-11-19-16-15(17(23)25)27-18(21-16)22-6-8-26-9-7-22/h2-5,11H,6-10H2,1H3,(H,20,24). The molecule has 0 atom stereocenters. The molecule has 0 unspecified atom stereocenters. The van der Waals surface area contributed by atoms with Crippen molar-refractivity contribution in [3.63, 3.8) is 0 Å². The number of carbonyl (C=O) groups is 1. The monoisotopic (exact) mass is 385 g/mol. The number of hydrogen-bond acceptors (Lipinski definition) is 7. The van der Waals surface area contributed by atoms with Gasteiger partial charge in [-0.25, -0.2) is 4.98 Å². The molecule has 3 aromatic rings. The second kappa shape index (κ2) is 7.45. The van der Waals surface area contributed by atoms with E-state index in [0.717, 1.165) is 23.8 Å². The predicted octanol–water partition coefficient (Wildman–Crippen LogP) is 1.64. The maximum absolute atomic E-state index is 12.7. The second-order valence-corrected chi connectivity index (χ2v) is 7.32. The highest BCUT2D eigenvalue weighted by Crippen LogP contribution is 2.25. The molecule has 140 valence electrons. The summed E-state index contributed by atoms with van der Waals surface area (Å²) >= 11 is 1.31. The summed E-state index contributed by atoms with van der Waals surface area (Å²) in [4.78, 5) is 35.8. The third kappa shape index (κ3) is 3.83. The molecule has 1 aliphatic heterocycles. The lowest BCUT2D eigenvalue weighted by atomic mass is 10.2. The second-order valence-electron chi connectivity index (χ2n) is 6.34. The minimum absolute atomic E-state index is 0.0968. The lowest BCUT2D eigenvalue weighted by Crippen LogP contribution is -2.36. The van der Waals surface area contributed by atoms with Crippen molar-refractivity contribution in [3.8, 4) is 0 Å². The van der Waals surface area contributed by atoms with Crippen molar-refractivity contribution < 1.29 is 9.53 Å². The number of aromatic nitrogens is 3. The van der Waals surface area contributed by atoms with E-state index < -0.39 is 0 Å². The Balaban J connectivity index is 1.53. The fourth-order valence-corrected chi connectivity index (χ4v) is 3.85. The Labute approximate surface area is 159 Å². The first kappa shape index (κ1) is 17.6. The zero-order valence-corrected chi connectivity index (χ0v) is 15.7. The number of ether oxygens (including phenoxy) is 1. The van der Waals surface area contributed by atoms with Crippen LogP contribution in [0.25, 0.3) is 10.3 Å². The summed E-state index contributed by atoms with van der Waals surface area (Å²) in [6, 6.07) is 7.49. The van der Waals surface area contributed by atoms with Gasteiger partial charge in [0.05, 0.1) is 13.2 Å². The Kier molecular flexibility index (Phi) is 4.87. The lowest BCUT2D eigenvalue weighted by molar-refractivity contribution is -0.116. The zero-order chi connectivity index (χ0) is 18.8. The highest BCUT2D eigenvalue weighted by Gasteiger charge is 2.18. The average Bonchev–Trinajstić information content (AvgIpc) is 3.12. The molecule has 0 saturated carbocycles. The van der Waals surface area contributed by atoms with Gasteiger partial charge in [0.1, 0.15) is 17.6 Å². The molecule has 0 bridgehead atoms. The van der Waals surface area contributed by atoms with Crippen LogP contribution >= 0.6 is 11.3 Å². The number of benzene rings is 1. The normalized spacial score (nSPS) is 14.5. The van der Waals surface area contributed by atoms with Gasteiger partial charge in [-0.15, -0.1) is 0 Å². The largest absolute Gasteiger partial charge is 0.378 e. The van der Waals surface area contributed by atoms with Gasteiger partial charge in [-0.2, -0.15) is 4.98 Å². The Morgan fingerprint density at radius 2 is 2.00 bits per heavy atom. The maximum Gasteiger partial charge on any atom is 0.273 e. The van der Waals surface area contributed by atoms with E-state index in [1.54, 1.807) is 0 Å². The molecule has 1 fully saturated rings. The molecule has 3 heterocycles. The first-order valence-corrected chi connectivity index (χ1v) is 9.47. The molecule has 8 nitrogen and oxygen atoms in total. The van der Waals surface area contributed by atoms with Crippen LogP contribution in [0, 0.1) is 6.92 Å². The van der Waals surface area contributed by atoms with Crippen LogP contribution in [0.15, 0.2) is 35.4 Å². The van der Waals surface area contributed by atoms with E-state index in [1.807, 2.05) is 31.2 Å². The van der Waals surface area contributed by atoms with Gasteiger partial charge in [0.15, 0.2) is 10.8 Å². The minimum Gasteiger partial charge on any atom is -0.378 e. The quantitative estimate of drug-likeness (QED) is 0.734. The van der Waals surface area contributed by atoms with Crippen molar-refractivity contribution in [3.05, 3.63) is 46.5 Å². The number of morpholine rings is 1. The average molecular weight is 385 g/mol. The van der Waals surface area contributed by atoms with E-state index in [4.69, 9.17) is 4.74 Å². The van der Waals surface area contributed by atoms with Crippen LogP contribution in [0.5, 0.6) is 0 Å². The summed E-state index contributed by atoms with van der Waals surface area (Å²) in [6.07, 6.45) is 1.38. The third-order valence-electron chi connectivity index (χ3n) is 4.30. The summed E-state index contributed by atoms with van der Waals surface area (Å²) in [5.41, 5.74) is 1.97. The number of thiazole rings is 1. The molecule has 0 radical (unpaired) electrons. The first-order chi connectivity index (χ1) is 13.1. The summed E-state index contributed by atoms with van der Waals surface area (Å²) in [5, 5.41) is 3.55. The van der Waals surface area contributed by atoms with E-state index in [2.05, 4.69) is 20.2 Å². The van der Waals surface area contributed by atoms with Crippen molar-refractivity contribution in [2.45, 2.75) is 13.5 Å². The van der Waals surface area contributed by atoms with E-state index in [-0.39, 0.29) is 18.0 Å². The number of anilines is 2. The Bertz CT molecular complexity index is 1020. The van der Waals surface area contributed by atoms with Crippen LogP contribution in [0.1, 0.15) is 5.56 Å². The maximum atomic E-state index is 12.7. The molecule has 1 aliphatic rings. The van der Waals surface area contributed by atoms with E-state index in [9.17, 15) is 9.59 Å². The molecule has 1 N–H and O–H groups in total. The first-order valence-electron chi connectivity index (χ1n) is 8.65. The number of rotatable bonds is 4. The molecular weight excluding hydrogens is 366 g/mol. The zero-order valence-electron chi connectivity index (χ0n) is 14.8. The van der Waals surface area contributed by atoms with Crippen LogP contribution in [-0.2, 0) is 16.1 Å². The van der Waals surface area contributed by atoms with E-state index in [0.29, 0.717) is 29.2 Å². The van der Waals surface area contributed by atoms with Gasteiger partial charge >= 0.3 is 0 Å². The Hall–Kier alpha value is -2.78. The molecule has 0 aliphatic carbocycles. The van der Waals surface area contributed by atoms with Gasteiger partial charge in [0.25, 0.3) is 5.56 Å². The van der Waals surface area contributed by atoms with E-state index >= 15 is 0 Å². The van der Waals surface area contributed by atoms with Crippen molar-refractivity contribution in [2.75, 3.05) is 36.5 Å². The van der Waals surface area contributed by atoms with Gasteiger partial charge in [-0.3, -0.25) is 14.2 Å². The Morgan fingerprint density at radius 1 is 1.26 bits per heavy atom. The van der Waals surface area contributed by atoms with Gasteiger partial charge < -0.3 is 15.0 Å². The van der Waals surface area contributed by atoms with Crippen LogP contribution in [-0.4, -0.2) is 46.7 Å². The van der Waals surface area contributed by atoms with Crippen molar-refractivity contribution in [1.82, 2.24) is 14.5 Å². The number of amides is 1. The molecule has 2 aromatic heterocycles. The number of nitrogens with zero attached hydrogens (tertiary/aromatic N) is 4. The SMILES string of the molecule is Cc1ccc(NC(=O)Cn2cnc3nc(N4CCOCC4)sc3c2=O)cc1. The number of hydrogen-bond donors (Lipinski definition) is 1. The lowest BCUT2D eigenvalue weighted by Gasteiger charge is -2.25. The smallest absolute Gasteiger partial charge is 0.273 e. The summed E-state index contributed by atoms with van der Waals surface area (Å²) in [6.45, 7) is 4.66. The minimum atomic E-state index is -0.278. The molecule has 27 heavy (non-hydrogen) atoms. The molecule has 1 saturated heterocycles. The van der Waals surface area contributed by atoms with E-state index in [1.165, 1.54) is 22.2 Å². The number of fused-ring (bicyclic) bond motifs is 1. The van der Waals surface area contributed by atoms with Gasteiger partial charge in [-0.1, -0.05) is 29.0 Å². The van der Waals surface area contributed by atoms with Crippen molar-refractivity contribution in [2.24, 2.45) is 0 Å². The summed E-state index contributed by atoms with van der Waals surface area (Å²) in [5.74, 6) is -0.278. The molecule has 4 rings (SSSR count). The number of aryl methyl sites for hydroxylation is 1. The topological polar surface area (TPSA) is 89.3 Å². The molecule has 9 heteroatoms. The van der Waals surface area contributed by atoms with Crippen molar-refractivity contribution in [1.29, 1.82) is 0 Å². The summed E-state index contributed by atoms with van der Waals surface area (Å²) in [7, 11) is 0. The molecule has 1 amide bonds. The fraction of sp³-hybridized carbons (Fsp3) is 0.333. The summed E-state index contributed by atoms with van der Waals surface area (Å²) < 4.78 is 7.12. The fourth-order valence-electron chi connectivity index (χ4n) is 2.83. The highest BCUT2D eigenvalue weighted by molar-refractivity contribution is 7.22. The van der Waals surface area contributed by atoms with Gasteiger partial charge in [0, 0.05) is 18.8 Å². The van der Waals surface area contributed by atoms with Gasteiger partial charge in [-0.05, 0) is 19.1 Å². The van der Waals surface area contributed by atoms with Crippen molar-refractivity contribution >= 4 is 38.4 Å². The molecule has 1 aromatic carbocycles. The van der Waals surface area contributed by atoms with Crippen LogP contribution in [0.4, 0.5) is 10.8 Å². The number of carbonyl (C=O) groups excluding carboxylic acids is 1. The predicted molar refractivity (Wildman–Crippen MR) is 105 cm³/mol. The Morgan fingerprint density at radius 3 is 2.74 bits per heavy atom. The van der Waals surface area contributed by atoms with Gasteiger partial charge in [0.2, 0.25) is 5.91 Å². The van der Waals surface area contributed by atoms with Crippen LogP contribution in [0.3, 0.4) is 0 Å². The number of nitrogens with one attached hydrogen (secondary N) is 1. The molecule has 0 spiro atoms. The third-order valence-corrected chi connectivity index (χ3v) is 5.40. The molecular formula is C18H19N5O3S. The van der Waals surface area contributed by atoms with Crippen LogP contribution < -0.4 is 15.8 Å². The highest BCUT2D eigenvalue weighted by atomic mass is 32.1.